The van der Waals surface area contributed by atoms with Gasteiger partial charge in [0.15, 0.2) is 5.58 Å². The Labute approximate surface area is 220 Å². The minimum Gasteiger partial charge on any atom is -0.436 e. The van der Waals surface area contributed by atoms with E-state index in [0.717, 1.165) is 32.3 Å². The summed E-state index contributed by atoms with van der Waals surface area (Å²) >= 11 is 1.78. The smallest absolute Gasteiger partial charge is 0.231 e. The summed E-state index contributed by atoms with van der Waals surface area (Å²) in [5, 5.41) is 5.73. The van der Waals surface area contributed by atoms with E-state index in [2.05, 4.69) is 102 Å². The fraction of sp³-hybridized carbons (Fsp3) is 0.312. The van der Waals surface area contributed by atoms with Crippen LogP contribution in [0, 0.1) is 0 Å². The molecule has 37 heavy (non-hydrogen) atoms. The van der Waals surface area contributed by atoms with Crippen LogP contribution in [0.3, 0.4) is 0 Å². The molecule has 0 radical (unpaired) electrons. The lowest BCUT2D eigenvalue weighted by Gasteiger charge is -2.25. The van der Waals surface area contributed by atoms with E-state index in [4.69, 9.17) is 14.1 Å². The lowest BCUT2D eigenvalue weighted by Crippen LogP contribution is -2.22. The van der Waals surface area contributed by atoms with E-state index in [1.165, 1.54) is 32.2 Å². The highest BCUT2D eigenvalue weighted by molar-refractivity contribution is 7.20. The largest absolute Gasteiger partial charge is 0.436 e. The molecule has 0 aliphatic carbocycles. The van der Waals surface area contributed by atoms with Crippen molar-refractivity contribution in [1.29, 1.82) is 0 Å². The second-order valence-corrected chi connectivity index (χ2v) is 13.3. The maximum atomic E-state index is 6.50. The first kappa shape index (κ1) is 22.9. The quantitative estimate of drug-likeness (QED) is 0.223. The summed E-state index contributed by atoms with van der Waals surface area (Å²) in [6, 6.07) is 17.5. The number of nitrogens with zero attached hydrogens (tertiary/aromatic N) is 2. The minimum absolute atomic E-state index is 0.00834. The molecule has 3 aromatic carbocycles. The van der Waals surface area contributed by atoms with Gasteiger partial charge in [0.25, 0.3) is 0 Å². The van der Waals surface area contributed by atoms with E-state index in [0.29, 0.717) is 5.71 Å². The van der Waals surface area contributed by atoms with Gasteiger partial charge in [0.2, 0.25) is 5.71 Å². The summed E-state index contributed by atoms with van der Waals surface area (Å²) in [4.78, 5) is 10.7. The number of ether oxygens (including phenoxy) is 1. The predicted octanol–water partition coefficient (Wildman–Crippen LogP) is 9.21. The maximum Gasteiger partial charge on any atom is 0.231 e. The highest BCUT2D eigenvalue weighted by Crippen LogP contribution is 2.55. The zero-order valence-electron chi connectivity index (χ0n) is 22.3. The molecule has 0 N–H and O–H groups in total. The van der Waals surface area contributed by atoms with Crippen LogP contribution in [-0.2, 0) is 21.4 Å². The number of aromatic nitrogens is 2. The van der Waals surface area contributed by atoms with E-state index in [-0.39, 0.29) is 16.6 Å². The second kappa shape index (κ2) is 7.18. The molecular formula is C32H30N2O2S. The van der Waals surface area contributed by atoms with Gasteiger partial charge in [0, 0.05) is 26.8 Å². The number of hydrogen-bond donors (Lipinski definition) is 0. The molecule has 0 saturated carbocycles. The monoisotopic (exact) mass is 506 g/mol. The number of fused-ring (bicyclic) bond motifs is 8. The maximum absolute atomic E-state index is 6.50. The Morgan fingerprint density at radius 2 is 1.59 bits per heavy atom. The Morgan fingerprint density at radius 3 is 2.38 bits per heavy atom. The van der Waals surface area contributed by atoms with Crippen molar-refractivity contribution in [2.45, 2.75) is 65.1 Å². The van der Waals surface area contributed by atoms with Crippen molar-refractivity contribution in [2.24, 2.45) is 0 Å². The summed E-state index contributed by atoms with van der Waals surface area (Å²) in [7, 11) is 0. The van der Waals surface area contributed by atoms with Gasteiger partial charge in [0.1, 0.15) is 6.33 Å². The fourth-order valence-corrected chi connectivity index (χ4v) is 7.74. The number of furan rings is 1. The zero-order valence-corrected chi connectivity index (χ0v) is 23.1. The molecule has 7 rings (SSSR count). The minimum atomic E-state index is -0.351. The van der Waals surface area contributed by atoms with Crippen LogP contribution in [0.15, 0.2) is 59.3 Å². The van der Waals surface area contributed by atoms with Gasteiger partial charge in [0.05, 0.1) is 27.0 Å². The average molecular weight is 507 g/mol. The number of thiophene rings is 1. The zero-order chi connectivity index (χ0) is 25.9. The molecule has 4 heterocycles. The lowest BCUT2D eigenvalue weighted by molar-refractivity contribution is -0.103. The third-order valence-electron chi connectivity index (χ3n) is 7.70. The summed E-state index contributed by atoms with van der Waals surface area (Å²) in [5.41, 5.74) is 5.40. The van der Waals surface area contributed by atoms with Crippen molar-refractivity contribution in [3.8, 4) is 11.3 Å². The van der Waals surface area contributed by atoms with Crippen molar-refractivity contribution in [3.05, 3.63) is 70.9 Å². The molecule has 4 nitrogen and oxygen atoms in total. The molecule has 0 atom stereocenters. The molecular weight excluding hydrogens is 476 g/mol. The van der Waals surface area contributed by atoms with Gasteiger partial charge >= 0.3 is 0 Å². The highest BCUT2D eigenvalue weighted by Gasteiger charge is 2.46. The van der Waals surface area contributed by atoms with Gasteiger partial charge < -0.3 is 9.15 Å². The predicted molar refractivity (Wildman–Crippen MR) is 153 cm³/mol. The van der Waals surface area contributed by atoms with Crippen molar-refractivity contribution >= 4 is 54.3 Å². The number of rotatable bonds is 1. The molecule has 0 unspecified atom stereocenters. The Morgan fingerprint density at radius 1 is 0.838 bits per heavy atom. The Balaban J connectivity index is 1.55. The van der Waals surface area contributed by atoms with Gasteiger partial charge in [-0.1, -0.05) is 51.1 Å². The van der Waals surface area contributed by atoms with E-state index in [1.807, 2.05) is 0 Å². The van der Waals surface area contributed by atoms with E-state index in [1.54, 1.807) is 17.7 Å². The molecule has 0 saturated heterocycles. The highest BCUT2D eigenvalue weighted by atomic mass is 32.1. The second-order valence-electron chi connectivity index (χ2n) is 12.2. The van der Waals surface area contributed by atoms with Crippen molar-refractivity contribution in [3.63, 3.8) is 0 Å². The van der Waals surface area contributed by atoms with E-state index in [9.17, 15) is 0 Å². The first-order valence-electron chi connectivity index (χ1n) is 12.8. The third-order valence-corrected chi connectivity index (χ3v) is 9.20. The fourth-order valence-electron chi connectivity index (χ4n) is 6.26. The summed E-state index contributed by atoms with van der Waals surface area (Å²) in [6.07, 6.45) is 1.62. The molecule has 6 aromatic rings. The van der Waals surface area contributed by atoms with Crippen LogP contribution in [0.1, 0.15) is 64.5 Å². The standard InChI is InChI=1S/C32H30N2O2S/c1-30(2,3)22-15-18(14-17-10-8-9-11-19(17)22)25-23-20-12-13-21-24-28(32(6,7)36-31(24,4)5)37-27(21)26(20)35-29(23)34-16-33-25/h8-16H,1-7H3. The van der Waals surface area contributed by atoms with Crippen molar-refractivity contribution < 1.29 is 9.15 Å². The molecule has 0 bridgehead atoms. The molecule has 0 spiro atoms. The van der Waals surface area contributed by atoms with Crippen LogP contribution in [0.5, 0.6) is 0 Å². The van der Waals surface area contributed by atoms with Gasteiger partial charge in [-0.25, -0.2) is 9.97 Å². The van der Waals surface area contributed by atoms with Crippen LogP contribution in [-0.4, -0.2) is 9.97 Å². The Hall–Kier alpha value is -3.28. The molecule has 1 aliphatic rings. The molecule has 3 aromatic heterocycles. The van der Waals surface area contributed by atoms with Gasteiger partial charge in [-0.3, -0.25) is 0 Å². The average Bonchev–Trinajstić information content (AvgIpc) is 3.46. The summed E-state index contributed by atoms with van der Waals surface area (Å²) in [5.74, 6) is 0. The lowest BCUT2D eigenvalue weighted by atomic mass is 9.82. The summed E-state index contributed by atoms with van der Waals surface area (Å²) in [6.45, 7) is 15.4. The van der Waals surface area contributed by atoms with Crippen LogP contribution in [0.2, 0.25) is 0 Å². The normalized spacial score (nSPS) is 16.8. The van der Waals surface area contributed by atoms with E-state index >= 15 is 0 Å². The third kappa shape index (κ3) is 3.17. The number of hydrogen-bond acceptors (Lipinski definition) is 5. The van der Waals surface area contributed by atoms with Crippen LogP contribution < -0.4 is 0 Å². The number of benzene rings is 3. The summed E-state index contributed by atoms with van der Waals surface area (Å²) < 4.78 is 14.1. The molecule has 1 aliphatic heterocycles. The van der Waals surface area contributed by atoms with Gasteiger partial charge in [-0.15, -0.1) is 11.3 Å². The first-order valence-corrected chi connectivity index (χ1v) is 13.6. The van der Waals surface area contributed by atoms with E-state index < -0.39 is 0 Å². The van der Waals surface area contributed by atoms with Crippen LogP contribution >= 0.6 is 11.3 Å². The van der Waals surface area contributed by atoms with Crippen molar-refractivity contribution in [1.82, 2.24) is 9.97 Å². The van der Waals surface area contributed by atoms with Crippen LogP contribution in [0.25, 0.3) is 54.2 Å². The van der Waals surface area contributed by atoms with Gasteiger partial charge in [-0.05, 0) is 67.6 Å². The molecule has 186 valence electrons. The molecule has 0 fully saturated rings. The van der Waals surface area contributed by atoms with Gasteiger partial charge in [-0.2, -0.15) is 0 Å². The topological polar surface area (TPSA) is 48.2 Å². The van der Waals surface area contributed by atoms with Crippen LogP contribution in [0.4, 0.5) is 0 Å². The Bertz CT molecular complexity index is 1900. The first-order chi connectivity index (χ1) is 17.5. The molecule has 5 heteroatoms. The SMILES string of the molecule is CC(C)(C)c1cc(-c2ncnc3oc4c(ccc5c6c(sc54)C(C)(C)OC6(C)C)c23)cc2ccccc12. The molecule has 0 amide bonds. The Kier molecular flexibility index (Phi) is 4.44. The van der Waals surface area contributed by atoms with Crippen molar-refractivity contribution in [2.75, 3.05) is 0 Å².